The fourth-order valence-electron chi connectivity index (χ4n) is 2.14. The molecule has 1 aromatic carbocycles. The SMILES string of the molecule is Cc1cc(-c2cc(C)c(O)c(C)c2)c(C#N)c(=O)[nH]1. The molecule has 96 valence electrons. The molecular weight excluding hydrogens is 240 g/mol. The van der Waals surface area contributed by atoms with Crippen LogP contribution in [-0.4, -0.2) is 10.1 Å². The Hall–Kier alpha value is -2.54. The van der Waals surface area contributed by atoms with Crippen molar-refractivity contribution in [2.24, 2.45) is 0 Å². The summed E-state index contributed by atoms with van der Waals surface area (Å²) >= 11 is 0. The van der Waals surface area contributed by atoms with Gasteiger partial charge in [-0.25, -0.2) is 0 Å². The maximum Gasteiger partial charge on any atom is 0.266 e. The third-order valence-electron chi connectivity index (χ3n) is 3.08. The highest BCUT2D eigenvalue weighted by atomic mass is 16.3. The normalized spacial score (nSPS) is 10.2. The third kappa shape index (κ3) is 2.23. The zero-order chi connectivity index (χ0) is 14.2. The first-order valence-electron chi connectivity index (χ1n) is 5.88. The lowest BCUT2D eigenvalue weighted by Crippen LogP contribution is -2.12. The minimum atomic E-state index is -0.388. The highest BCUT2D eigenvalue weighted by molar-refractivity contribution is 5.72. The van der Waals surface area contributed by atoms with Gasteiger partial charge in [0, 0.05) is 11.3 Å². The molecule has 0 aliphatic rings. The molecule has 0 saturated heterocycles. The molecule has 0 unspecified atom stereocenters. The number of aromatic nitrogens is 1. The van der Waals surface area contributed by atoms with Crippen molar-refractivity contribution >= 4 is 0 Å². The largest absolute Gasteiger partial charge is 0.507 e. The molecule has 2 rings (SSSR count). The van der Waals surface area contributed by atoms with E-state index in [1.807, 2.05) is 6.07 Å². The van der Waals surface area contributed by atoms with Gasteiger partial charge in [-0.2, -0.15) is 5.26 Å². The summed E-state index contributed by atoms with van der Waals surface area (Å²) < 4.78 is 0. The van der Waals surface area contributed by atoms with Crippen LogP contribution in [0, 0.1) is 32.1 Å². The van der Waals surface area contributed by atoms with Crippen molar-refractivity contribution in [2.45, 2.75) is 20.8 Å². The van der Waals surface area contributed by atoms with Crippen LogP contribution in [0.3, 0.4) is 0 Å². The molecular formula is C15H14N2O2. The predicted molar refractivity (Wildman–Crippen MR) is 73.1 cm³/mol. The maximum absolute atomic E-state index is 11.8. The number of phenolic OH excluding ortho intramolecular Hbond substituents is 1. The lowest BCUT2D eigenvalue weighted by atomic mass is 9.97. The van der Waals surface area contributed by atoms with E-state index in [9.17, 15) is 9.90 Å². The molecule has 0 atom stereocenters. The van der Waals surface area contributed by atoms with Crippen molar-refractivity contribution in [3.8, 4) is 22.9 Å². The average molecular weight is 254 g/mol. The van der Waals surface area contributed by atoms with Gasteiger partial charge in [0.05, 0.1) is 0 Å². The minimum absolute atomic E-state index is 0.0927. The molecule has 0 saturated carbocycles. The Morgan fingerprint density at radius 1 is 1.16 bits per heavy atom. The molecule has 4 heteroatoms. The molecule has 19 heavy (non-hydrogen) atoms. The van der Waals surface area contributed by atoms with Crippen LogP contribution in [0.25, 0.3) is 11.1 Å². The Morgan fingerprint density at radius 2 is 1.74 bits per heavy atom. The Labute approximate surface area is 111 Å². The smallest absolute Gasteiger partial charge is 0.266 e. The van der Waals surface area contributed by atoms with Crippen LogP contribution in [0.15, 0.2) is 23.0 Å². The predicted octanol–water partition coefficient (Wildman–Crippen LogP) is 2.54. The zero-order valence-electron chi connectivity index (χ0n) is 11.0. The standard InChI is InChI=1S/C15H14N2O2/c1-8-4-11(5-9(2)14(8)18)12-6-10(3)17-15(19)13(12)7-16/h4-6,18H,1-3H3,(H,17,19). The van der Waals surface area contributed by atoms with Crippen molar-refractivity contribution in [2.75, 3.05) is 0 Å². The lowest BCUT2D eigenvalue weighted by Gasteiger charge is -2.10. The molecule has 0 aliphatic heterocycles. The van der Waals surface area contributed by atoms with E-state index in [4.69, 9.17) is 5.26 Å². The monoisotopic (exact) mass is 254 g/mol. The number of nitrogens with zero attached hydrogens (tertiary/aromatic N) is 1. The molecule has 2 aromatic rings. The third-order valence-corrected chi connectivity index (χ3v) is 3.08. The van der Waals surface area contributed by atoms with Gasteiger partial charge in [-0.05, 0) is 55.7 Å². The Bertz CT molecular complexity index is 729. The summed E-state index contributed by atoms with van der Waals surface area (Å²) in [6, 6.07) is 7.26. The van der Waals surface area contributed by atoms with Crippen LogP contribution >= 0.6 is 0 Å². The summed E-state index contributed by atoms with van der Waals surface area (Å²) in [7, 11) is 0. The average Bonchev–Trinajstić information content (AvgIpc) is 2.34. The van der Waals surface area contributed by atoms with Crippen LogP contribution in [0.2, 0.25) is 0 Å². The van der Waals surface area contributed by atoms with Gasteiger partial charge in [-0.15, -0.1) is 0 Å². The molecule has 0 spiro atoms. The van der Waals surface area contributed by atoms with E-state index < -0.39 is 0 Å². The first-order chi connectivity index (χ1) is 8.93. The first kappa shape index (κ1) is 12.9. The van der Waals surface area contributed by atoms with Crippen molar-refractivity contribution < 1.29 is 5.11 Å². The number of hydrogen-bond donors (Lipinski definition) is 2. The summed E-state index contributed by atoms with van der Waals surface area (Å²) in [5.41, 5.74) is 3.19. The number of aryl methyl sites for hydroxylation is 3. The Kier molecular flexibility index (Phi) is 3.14. The first-order valence-corrected chi connectivity index (χ1v) is 5.88. The van der Waals surface area contributed by atoms with Gasteiger partial charge in [0.25, 0.3) is 5.56 Å². The van der Waals surface area contributed by atoms with Crippen molar-refractivity contribution in [3.05, 3.63) is 50.9 Å². The summed E-state index contributed by atoms with van der Waals surface area (Å²) in [5.74, 6) is 0.240. The van der Waals surface area contributed by atoms with E-state index in [2.05, 4.69) is 4.98 Å². The van der Waals surface area contributed by atoms with Gasteiger partial charge in [0.1, 0.15) is 17.4 Å². The van der Waals surface area contributed by atoms with Crippen LogP contribution < -0.4 is 5.56 Å². The number of phenols is 1. The summed E-state index contributed by atoms with van der Waals surface area (Å²) in [5, 5.41) is 18.9. The molecule has 2 N–H and O–H groups in total. The fourth-order valence-corrected chi connectivity index (χ4v) is 2.14. The van der Waals surface area contributed by atoms with Gasteiger partial charge in [0.15, 0.2) is 0 Å². The summed E-state index contributed by atoms with van der Waals surface area (Å²) in [6.07, 6.45) is 0. The molecule has 1 heterocycles. The quantitative estimate of drug-likeness (QED) is 0.821. The number of hydrogen-bond acceptors (Lipinski definition) is 3. The molecule has 0 radical (unpaired) electrons. The van der Waals surface area contributed by atoms with Gasteiger partial charge in [-0.3, -0.25) is 4.79 Å². The Balaban J connectivity index is 2.80. The van der Waals surface area contributed by atoms with Gasteiger partial charge < -0.3 is 10.1 Å². The molecule has 0 bridgehead atoms. The van der Waals surface area contributed by atoms with E-state index in [1.54, 1.807) is 39.0 Å². The van der Waals surface area contributed by atoms with Crippen molar-refractivity contribution in [1.82, 2.24) is 4.98 Å². The second-order valence-corrected chi connectivity index (χ2v) is 4.64. The van der Waals surface area contributed by atoms with Crippen LogP contribution in [-0.2, 0) is 0 Å². The lowest BCUT2D eigenvalue weighted by molar-refractivity contribution is 0.467. The minimum Gasteiger partial charge on any atom is -0.507 e. The molecule has 4 nitrogen and oxygen atoms in total. The second kappa shape index (κ2) is 4.62. The van der Waals surface area contributed by atoms with Crippen LogP contribution in [0.5, 0.6) is 5.75 Å². The van der Waals surface area contributed by atoms with E-state index in [0.29, 0.717) is 11.3 Å². The number of rotatable bonds is 1. The Morgan fingerprint density at radius 3 is 2.26 bits per heavy atom. The van der Waals surface area contributed by atoms with Gasteiger partial charge >= 0.3 is 0 Å². The van der Waals surface area contributed by atoms with Crippen molar-refractivity contribution in [1.29, 1.82) is 5.26 Å². The molecule has 0 aliphatic carbocycles. The second-order valence-electron chi connectivity index (χ2n) is 4.64. The highest BCUT2D eigenvalue weighted by Crippen LogP contribution is 2.30. The van der Waals surface area contributed by atoms with E-state index in [1.165, 1.54) is 0 Å². The zero-order valence-corrected chi connectivity index (χ0v) is 11.0. The molecule has 0 fully saturated rings. The number of H-pyrrole nitrogens is 1. The van der Waals surface area contributed by atoms with Crippen LogP contribution in [0.4, 0.5) is 0 Å². The van der Waals surface area contributed by atoms with Crippen LogP contribution in [0.1, 0.15) is 22.4 Å². The van der Waals surface area contributed by atoms with Gasteiger partial charge in [0.2, 0.25) is 0 Å². The number of benzene rings is 1. The van der Waals surface area contributed by atoms with E-state index >= 15 is 0 Å². The molecule has 1 aromatic heterocycles. The number of aromatic hydroxyl groups is 1. The molecule has 0 amide bonds. The van der Waals surface area contributed by atoms with Crippen molar-refractivity contribution in [3.63, 3.8) is 0 Å². The summed E-state index contributed by atoms with van der Waals surface area (Å²) in [6.45, 7) is 5.35. The number of pyridine rings is 1. The van der Waals surface area contributed by atoms with Gasteiger partial charge in [-0.1, -0.05) is 0 Å². The number of nitrogens with one attached hydrogen (secondary N) is 1. The fraction of sp³-hybridized carbons (Fsp3) is 0.200. The number of aromatic amines is 1. The van der Waals surface area contributed by atoms with E-state index in [-0.39, 0.29) is 16.9 Å². The summed E-state index contributed by atoms with van der Waals surface area (Å²) in [4.78, 5) is 14.4. The highest BCUT2D eigenvalue weighted by Gasteiger charge is 2.12. The maximum atomic E-state index is 11.8. The van der Waals surface area contributed by atoms with E-state index in [0.717, 1.165) is 16.7 Å². The number of nitriles is 1. The topological polar surface area (TPSA) is 76.9 Å².